The molecule has 3 aromatic rings. The predicted molar refractivity (Wildman–Crippen MR) is 140 cm³/mol. The average molecular weight is 512 g/mol. The Labute approximate surface area is 219 Å². The zero-order chi connectivity index (χ0) is 26.2. The number of anilines is 1. The summed E-state index contributed by atoms with van der Waals surface area (Å²) in [4.78, 5) is 63.9. The Hall–Kier alpha value is -4.01. The van der Waals surface area contributed by atoms with E-state index in [0.29, 0.717) is 30.0 Å². The highest BCUT2D eigenvalue weighted by molar-refractivity contribution is 6.20. The lowest BCUT2D eigenvalue weighted by atomic mass is 9.65. The van der Waals surface area contributed by atoms with Gasteiger partial charge in [-0.15, -0.1) is 0 Å². The van der Waals surface area contributed by atoms with Crippen LogP contribution in [0, 0.1) is 12.3 Å². The summed E-state index contributed by atoms with van der Waals surface area (Å²) in [5.74, 6) is -0.606. The molecule has 2 fully saturated rings. The monoisotopic (exact) mass is 511 g/mol. The van der Waals surface area contributed by atoms with Crippen LogP contribution in [0.25, 0.3) is 5.65 Å². The van der Waals surface area contributed by atoms with Gasteiger partial charge in [-0.1, -0.05) is 49.6 Å². The number of urea groups is 1. The van der Waals surface area contributed by atoms with Crippen molar-refractivity contribution in [3.63, 3.8) is 0 Å². The van der Waals surface area contributed by atoms with Gasteiger partial charge in [-0.3, -0.25) is 29.0 Å². The Morgan fingerprint density at radius 3 is 2.61 bits per heavy atom. The Morgan fingerprint density at radius 2 is 1.79 bits per heavy atom. The largest absolute Gasteiger partial charge is 0.347 e. The molecule has 194 valence electrons. The van der Waals surface area contributed by atoms with Crippen LogP contribution in [0.1, 0.15) is 60.4 Å². The van der Waals surface area contributed by atoms with E-state index >= 15 is 0 Å². The number of aryl methyl sites for hydroxylation is 1. The molecule has 38 heavy (non-hydrogen) atoms. The molecule has 9 nitrogen and oxygen atoms in total. The third-order valence-corrected chi connectivity index (χ3v) is 8.98. The van der Waals surface area contributed by atoms with Crippen LogP contribution in [0.2, 0.25) is 0 Å². The van der Waals surface area contributed by atoms with E-state index in [2.05, 4.69) is 5.32 Å². The van der Waals surface area contributed by atoms with E-state index in [9.17, 15) is 19.2 Å². The molecule has 1 aliphatic carbocycles. The molecule has 2 atom stereocenters. The van der Waals surface area contributed by atoms with Crippen LogP contribution in [0.4, 0.5) is 10.6 Å². The maximum Gasteiger partial charge on any atom is 0.331 e. The number of nitrogens with one attached hydrogen (secondary N) is 1. The van der Waals surface area contributed by atoms with Crippen LogP contribution in [-0.4, -0.2) is 44.7 Å². The van der Waals surface area contributed by atoms with Crippen LogP contribution in [0.15, 0.2) is 47.4 Å². The number of nitrogens with zero attached hydrogens (tertiary/aromatic N) is 4. The number of amides is 4. The van der Waals surface area contributed by atoms with Gasteiger partial charge in [-0.2, -0.15) is 0 Å². The molecule has 9 heteroatoms. The number of barbiturate groups is 1. The van der Waals surface area contributed by atoms with Crippen molar-refractivity contribution in [1.29, 1.82) is 0 Å². The summed E-state index contributed by atoms with van der Waals surface area (Å²) < 4.78 is 1.50. The SMILES string of the molecule is Cc1cccn2c(=O)c3c(nc12)N1CCc2ccccc2[C@@H]1[C@@]1(C3)C(=O)NC(=O)N(C2CCCCC2)C1=O. The number of hydrogen-bond donors (Lipinski definition) is 1. The van der Waals surface area contributed by atoms with Gasteiger partial charge in [0.2, 0.25) is 11.8 Å². The van der Waals surface area contributed by atoms with E-state index in [1.54, 1.807) is 12.3 Å². The number of hydrogen-bond acceptors (Lipinski definition) is 6. The Balaban J connectivity index is 1.50. The second-order valence-corrected chi connectivity index (χ2v) is 11.0. The quantitative estimate of drug-likeness (QED) is 0.504. The normalized spacial score (nSPS) is 25.3. The van der Waals surface area contributed by atoms with E-state index in [1.165, 1.54) is 9.30 Å². The molecule has 0 bridgehead atoms. The van der Waals surface area contributed by atoms with Crippen molar-refractivity contribution < 1.29 is 14.4 Å². The maximum atomic E-state index is 14.6. The van der Waals surface area contributed by atoms with Crippen molar-refractivity contribution in [3.8, 4) is 0 Å². The molecular weight excluding hydrogens is 482 g/mol. The fourth-order valence-electron chi connectivity index (χ4n) is 7.16. The van der Waals surface area contributed by atoms with Crippen LogP contribution < -0.4 is 15.8 Å². The molecule has 4 amide bonds. The molecule has 2 aromatic heterocycles. The fourth-order valence-corrected chi connectivity index (χ4v) is 7.16. The number of pyridine rings is 1. The van der Waals surface area contributed by atoms with Gasteiger partial charge in [0, 0.05) is 25.2 Å². The lowest BCUT2D eigenvalue weighted by Crippen LogP contribution is -2.71. The first kappa shape index (κ1) is 23.1. The van der Waals surface area contributed by atoms with Crippen LogP contribution in [0.5, 0.6) is 0 Å². The molecule has 3 aliphatic heterocycles. The van der Waals surface area contributed by atoms with E-state index in [4.69, 9.17) is 4.98 Å². The van der Waals surface area contributed by atoms with Gasteiger partial charge in [0.05, 0.1) is 11.6 Å². The summed E-state index contributed by atoms with van der Waals surface area (Å²) in [6.07, 6.45) is 6.62. The molecule has 1 spiro atoms. The zero-order valence-electron chi connectivity index (χ0n) is 21.3. The van der Waals surface area contributed by atoms with Gasteiger partial charge < -0.3 is 4.90 Å². The maximum absolute atomic E-state index is 14.6. The highest BCUT2D eigenvalue weighted by atomic mass is 16.2. The van der Waals surface area contributed by atoms with E-state index in [1.807, 2.05) is 42.2 Å². The van der Waals surface area contributed by atoms with E-state index in [-0.39, 0.29) is 18.0 Å². The molecule has 0 unspecified atom stereocenters. The van der Waals surface area contributed by atoms with Crippen molar-refractivity contribution in [3.05, 3.63) is 75.2 Å². The summed E-state index contributed by atoms with van der Waals surface area (Å²) in [6, 6.07) is 9.97. The number of carbonyl (C=O) groups is 3. The summed E-state index contributed by atoms with van der Waals surface area (Å²) >= 11 is 0. The highest BCUT2D eigenvalue weighted by Gasteiger charge is 2.64. The van der Waals surface area contributed by atoms with Gasteiger partial charge in [0.15, 0.2) is 5.41 Å². The molecule has 1 saturated carbocycles. The number of rotatable bonds is 1. The summed E-state index contributed by atoms with van der Waals surface area (Å²) in [7, 11) is 0. The Kier molecular flexibility index (Phi) is 5.02. The second-order valence-electron chi connectivity index (χ2n) is 11.0. The topological polar surface area (TPSA) is 104 Å². The van der Waals surface area contributed by atoms with Gasteiger partial charge >= 0.3 is 6.03 Å². The molecular formula is C29H29N5O4. The Morgan fingerprint density at radius 1 is 1.00 bits per heavy atom. The van der Waals surface area contributed by atoms with Crippen LogP contribution in [-0.2, 0) is 22.4 Å². The molecule has 1 saturated heterocycles. The third-order valence-electron chi connectivity index (χ3n) is 8.98. The number of benzene rings is 1. The average Bonchev–Trinajstić information content (AvgIpc) is 2.93. The fraction of sp³-hybridized carbons (Fsp3) is 0.414. The van der Waals surface area contributed by atoms with Crippen LogP contribution >= 0.6 is 0 Å². The lowest BCUT2D eigenvalue weighted by Gasteiger charge is -2.54. The van der Waals surface area contributed by atoms with Gasteiger partial charge in [0.25, 0.3) is 5.56 Å². The third kappa shape index (κ3) is 3.01. The first-order valence-electron chi connectivity index (χ1n) is 13.5. The van der Waals surface area contributed by atoms with Crippen molar-refractivity contribution in [2.75, 3.05) is 11.4 Å². The molecule has 1 aromatic carbocycles. The van der Waals surface area contributed by atoms with Crippen molar-refractivity contribution >= 4 is 29.3 Å². The minimum absolute atomic E-state index is 0.109. The molecule has 5 heterocycles. The van der Waals surface area contributed by atoms with Crippen molar-refractivity contribution in [1.82, 2.24) is 19.6 Å². The van der Waals surface area contributed by atoms with E-state index < -0.39 is 29.3 Å². The van der Waals surface area contributed by atoms with E-state index in [0.717, 1.165) is 48.8 Å². The predicted octanol–water partition coefficient (Wildman–Crippen LogP) is 3.06. The van der Waals surface area contributed by atoms with Gasteiger partial charge in [0.1, 0.15) is 11.5 Å². The zero-order valence-corrected chi connectivity index (χ0v) is 21.3. The summed E-state index contributed by atoms with van der Waals surface area (Å²) in [5, 5.41) is 2.55. The first-order valence-corrected chi connectivity index (χ1v) is 13.5. The standard InChI is InChI=1S/C29H29N5O4/c1-17-8-7-14-33-23(17)30-24-21(25(33)35)16-29(22-20-12-6-5-9-18(20)13-15-32(22)24)26(36)31-28(38)34(27(29)37)19-10-3-2-4-11-19/h5-9,12,14,19,22H,2-4,10-11,13,15-16H2,1H3,(H,31,36,38)/t22-,29+/m1/s1. The molecule has 0 radical (unpaired) electrons. The molecule has 4 aliphatic rings. The minimum atomic E-state index is -1.66. The smallest absolute Gasteiger partial charge is 0.331 e. The number of imide groups is 2. The van der Waals surface area contributed by atoms with Crippen LogP contribution in [0.3, 0.4) is 0 Å². The highest BCUT2D eigenvalue weighted by Crippen LogP contribution is 2.53. The number of carbonyl (C=O) groups excluding carboxylic acids is 3. The second kappa shape index (κ2) is 8.24. The van der Waals surface area contributed by atoms with Crippen molar-refractivity contribution in [2.45, 2.75) is 64.0 Å². The lowest BCUT2D eigenvalue weighted by molar-refractivity contribution is -0.156. The van der Waals surface area contributed by atoms with Gasteiger partial charge in [-0.05, 0) is 48.9 Å². The summed E-state index contributed by atoms with van der Waals surface area (Å²) in [5.41, 5.74) is 1.75. The Bertz CT molecular complexity index is 1590. The molecule has 7 rings (SSSR count). The van der Waals surface area contributed by atoms with Crippen molar-refractivity contribution in [2.24, 2.45) is 5.41 Å². The molecule has 1 N–H and O–H groups in total. The summed E-state index contributed by atoms with van der Waals surface area (Å²) in [6.45, 7) is 2.41. The number of aromatic nitrogens is 2. The minimum Gasteiger partial charge on any atom is -0.347 e. The first-order chi connectivity index (χ1) is 18.4. The number of fused-ring (bicyclic) bond motifs is 7. The van der Waals surface area contributed by atoms with Gasteiger partial charge in [-0.25, -0.2) is 9.78 Å².